The third-order valence-corrected chi connectivity index (χ3v) is 6.95. The predicted molar refractivity (Wildman–Crippen MR) is 117 cm³/mol. The van der Waals surface area contributed by atoms with Crippen LogP contribution in [0.2, 0.25) is 0 Å². The summed E-state index contributed by atoms with van der Waals surface area (Å²) >= 11 is 3.51. The van der Waals surface area contributed by atoms with Crippen molar-refractivity contribution in [1.29, 1.82) is 0 Å². The number of nitrogens with one attached hydrogen (secondary N) is 1. The second kappa shape index (κ2) is 8.27. The van der Waals surface area contributed by atoms with Crippen molar-refractivity contribution in [2.24, 2.45) is 5.41 Å². The van der Waals surface area contributed by atoms with Crippen LogP contribution in [-0.2, 0) is 0 Å². The molecule has 2 aliphatic rings. The first-order valence-electron chi connectivity index (χ1n) is 10.3. The van der Waals surface area contributed by atoms with Gasteiger partial charge in [0.1, 0.15) is 11.6 Å². The molecule has 0 saturated carbocycles. The lowest BCUT2D eigenvalue weighted by molar-refractivity contribution is -0.123. The highest BCUT2D eigenvalue weighted by Gasteiger charge is 2.54. The molecule has 0 aliphatic carbocycles. The van der Waals surface area contributed by atoms with Gasteiger partial charge in [0, 0.05) is 53.4 Å². The maximum Gasteiger partial charge on any atom is 0.321 e. The molecule has 4 nitrogen and oxygen atoms in total. The van der Waals surface area contributed by atoms with Crippen LogP contribution < -0.4 is 5.32 Å². The van der Waals surface area contributed by atoms with Gasteiger partial charge >= 0.3 is 6.03 Å². The average molecular weight is 478 g/mol. The van der Waals surface area contributed by atoms with Crippen molar-refractivity contribution < 1.29 is 13.6 Å². The highest BCUT2D eigenvalue weighted by Crippen LogP contribution is 2.55. The summed E-state index contributed by atoms with van der Waals surface area (Å²) in [5, 5.41) is 2.62. The van der Waals surface area contributed by atoms with E-state index in [1.165, 1.54) is 5.56 Å². The predicted octanol–water partition coefficient (Wildman–Crippen LogP) is 5.81. The molecule has 1 spiro atoms. The van der Waals surface area contributed by atoms with Crippen LogP contribution in [0.4, 0.5) is 19.3 Å². The van der Waals surface area contributed by atoms with Gasteiger partial charge in [-0.25, -0.2) is 13.6 Å². The van der Waals surface area contributed by atoms with E-state index in [-0.39, 0.29) is 17.1 Å². The Bertz CT molecular complexity index is 906. The highest BCUT2D eigenvalue weighted by atomic mass is 79.9. The summed E-state index contributed by atoms with van der Waals surface area (Å²) in [6.45, 7) is 6.72. The van der Waals surface area contributed by atoms with Crippen LogP contribution in [0.15, 0.2) is 46.9 Å². The molecule has 0 aromatic heterocycles. The van der Waals surface area contributed by atoms with Crippen LogP contribution in [0, 0.1) is 17.0 Å². The lowest BCUT2D eigenvalue weighted by Gasteiger charge is -2.62. The number of hydrogen-bond acceptors (Lipinski definition) is 2. The number of anilines is 1. The maximum absolute atomic E-state index is 13.4. The SMILES string of the molecule is CC(C)N1CC2(CCN(C(=O)Nc3cc(F)cc(F)c3)CC2)C1c1ccc(Br)cc1. The van der Waals surface area contributed by atoms with Gasteiger partial charge in [0.15, 0.2) is 0 Å². The fourth-order valence-corrected chi connectivity index (χ4v) is 5.13. The first-order valence-corrected chi connectivity index (χ1v) is 11.1. The van der Waals surface area contributed by atoms with Crippen molar-refractivity contribution in [3.8, 4) is 0 Å². The summed E-state index contributed by atoms with van der Waals surface area (Å²) < 4.78 is 27.9. The van der Waals surface area contributed by atoms with Crippen LogP contribution in [0.1, 0.15) is 38.3 Å². The van der Waals surface area contributed by atoms with E-state index in [0.29, 0.717) is 25.2 Å². The molecular formula is C23H26BrF2N3O. The van der Waals surface area contributed by atoms with Gasteiger partial charge in [0.25, 0.3) is 0 Å². The van der Waals surface area contributed by atoms with Crippen LogP contribution in [0.25, 0.3) is 0 Å². The Balaban J connectivity index is 1.44. The summed E-state index contributed by atoms with van der Waals surface area (Å²) in [5.41, 5.74) is 1.60. The quantitative estimate of drug-likeness (QED) is 0.605. The van der Waals surface area contributed by atoms with E-state index in [1.807, 2.05) is 0 Å². The van der Waals surface area contributed by atoms with Crippen molar-refractivity contribution >= 4 is 27.6 Å². The molecule has 0 radical (unpaired) electrons. The number of carbonyl (C=O) groups is 1. The Hall–Kier alpha value is -1.99. The van der Waals surface area contributed by atoms with Crippen molar-refractivity contribution in [2.45, 2.75) is 38.8 Å². The van der Waals surface area contributed by atoms with Gasteiger partial charge in [0.05, 0.1) is 0 Å². The Morgan fingerprint density at radius 3 is 2.27 bits per heavy atom. The number of nitrogens with zero attached hydrogens (tertiary/aromatic N) is 2. The van der Waals surface area contributed by atoms with E-state index in [9.17, 15) is 13.6 Å². The lowest BCUT2D eigenvalue weighted by atomic mass is 9.62. The first kappa shape index (κ1) is 21.2. The minimum atomic E-state index is -0.705. The van der Waals surface area contributed by atoms with E-state index in [4.69, 9.17) is 0 Å². The number of rotatable bonds is 3. The Kier molecular flexibility index (Phi) is 5.86. The van der Waals surface area contributed by atoms with Gasteiger partial charge < -0.3 is 10.2 Å². The Labute approximate surface area is 184 Å². The molecule has 2 aromatic carbocycles. The Morgan fingerprint density at radius 1 is 1.10 bits per heavy atom. The molecule has 1 N–H and O–H groups in total. The molecule has 160 valence electrons. The zero-order chi connectivity index (χ0) is 21.5. The molecule has 1 atom stereocenters. The molecular weight excluding hydrogens is 452 g/mol. The van der Waals surface area contributed by atoms with Crippen LogP contribution >= 0.6 is 15.9 Å². The second-order valence-electron chi connectivity index (χ2n) is 8.66. The minimum absolute atomic E-state index is 0.139. The average Bonchev–Trinajstić information content (AvgIpc) is 2.67. The molecule has 2 amide bonds. The van der Waals surface area contributed by atoms with Crippen molar-refractivity contribution in [2.75, 3.05) is 25.0 Å². The highest BCUT2D eigenvalue weighted by molar-refractivity contribution is 9.10. The van der Waals surface area contributed by atoms with Gasteiger partial charge in [-0.1, -0.05) is 28.1 Å². The fraction of sp³-hybridized carbons (Fsp3) is 0.435. The number of piperidine rings is 1. The van der Waals surface area contributed by atoms with E-state index in [0.717, 1.165) is 42.1 Å². The number of likely N-dealkylation sites (tertiary alicyclic amines) is 2. The third kappa shape index (κ3) is 4.10. The molecule has 2 aromatic rings. The first-order chi connectivity index (χ1) is 14.3. The lowest BCUT2D eigenvalue weighted by Crippen LogP contribution is -2.64. The third-order valence-electron chi connectivity index (χ3n) is 6.42. The van der Waals surface area contributed by atoms with E-state index in [1.54, 1.807) is 4.90 Å². The number of amides is 2. The van der Waals surface area contributed by atoms with Gasteiger partial charge in [-0.2, -0.15) is 0 Å². The molecule has 2 fully saturated rings. The van der Waals surface area contributed by atoms with Crippen molar-refractivity contribution in [3.05, 3.63) is 64.1 Å². The van der Waals surface area contributed by atoms with Crippen LogP contribution in [-0.4, -0.2) is 41.5 Å². The molecule has 7 heteroatoms. The molecule has 4 rings (SSSR count). The van der Waals surface area contributed by atoms with E-state index in [2.05, 4.69) is 64.3 Å². The summed E-state index contributed by atoms with van der Waals surface area (Å²) in [5.74, 6) is -1.41. The van der Waals surface area contributed by atoms with Gasteiger partial charge in [-0.15, -0.1) is 0 Å². The van der Waals surface area contributed by atoms with Crippen LogP contribution in [0.3, 0.4) is 0 Å². The standard InChI is InChI=1S/C23H26BrF2N3O/c1-15(2)29-14-23(21(29)16-3-5-17(24)6-4-16)7-9-28(10-8-23)22(30)27-20-12-18(25)11-19(26)13-20/h3-6,11-13,15,21H,7-10,14H2,1-2H3,(H,27,30). The molecule has 1 unspecified atom stereocenters. The van der Waals surface area contributed by atoms with Gasteiger partial charge in [0.2, 0.25) is 0 Å². The van der Waals surface area contributed by atoms with E-state index < -0.39 is 11.6 Å². The minimum Gasteiger partial charge on any atom is -0.324 e. The largest absolute Gasteiger partial charge is 0.324 e. The summed E-state index contributed by atoms with van der Waals surface area (Å²) in [6, 6.07) is 12.1. The smallest absolute Gasteiger partial charge is 0.321 e. The number of carbonyl (C=O) groups excluding carboxylic acids is 1. The normalized spacial score (nSPS) is 21.0. The number of hydrogen-bond donors (Lipinski definition) is 1. The molecule has 2 aliphatic heterocycles. The number of urea groups is 1. The van der Waals surface area contributed by atoms with Gasteiger partial charge in [-0.05, 0) is 56.5 Å². The van der Waals surface area contributed by atoms with Crippen molar-refractivity contribution in [1.82, 2.24) is 9.80 Å². The fourth-order valence-electron chi connectivity index (χ4n) is 4.87. The zero-order valence-electron chi connectivity index (χ0n) is 17.2. The molecule has 2 saturated heterocycles. The summed E-state index contributed by atoms with van der Waals surface area (Å²) in [7, 11) is 0. The van der Waals surface area contributed by atoms with Gasteiger partial charge in [-0.3, -0.25) is 4.90 Å². The second-order valence-corrected chi connectivity index (χ2v) is 9.57. The van der Waals surface area contributed by atoms with Crippen molar-refractivity contribution in [3.63, 3.8) is 0 Å². The molecule has 2 heterocycles. The summed E-state index contributed by atoms with van der Waals surface area (Å²) in [4.78, 5) is 16.9. The Morgan fingerprint density at radius 2 is 1.70 bits per heavy atom. The monoisotopic (exact) mass is 477 g/mol. The zero-order valence-corrected chi connectivity index (χ0v) is 18.8. The van der Waals surface area contributed by atoms with E-state index >= 15 is 0 Å². The maximum atomic E-state index is 13.4. The molecule has 30 heavy (non-hydrogen) atoms. The van der Waals surface area contributed by atoms with Crippen LogP contribution in [0.5, 0.6) is 0 Å². The number of halogens is 3. The topological polar surface area (TPSA) is 35.6 Å². The summed E-state index contributed by atoms with van der Waals surface area (Å²) in [6.07, 6.45) is 1.81. The molecule has 0 bridgehead atoms. The number of benzene rings is 2.